The number of H-pyrrole nitrogens is 1. The number of carbonyl (C=O) groups is 1. The van der Waals surface area contributed by atoms with Gasteiger partial charge in [-0.15, -0.1) is 0 Å². The van der Waals surface area contributed by atoms with E-state index in [0.717, 1.165) is 4.90 Å². The SMILES string of the molecule is N#Cc1nccc(C2C(C(F)(F)F)C(c3ncc[nH]3)CCN2C(=O)OCc2ccccc2)n1. The molecule has 0 saturated carbocycles. The van der Waals surface area contributed by atoms with E-state index in [9.17, 15) is 18.0 Å². The summed E-state index contributed by atoms with van der Waals surface area (Å²) < 4.78 is 48.7. The monoisotopic (exact) mass is 456 g/mol. The predicted molar refractivity (Wildman–Crippen MR) is 108 cm³/mol. The number of benzene rings is 1. The van der Waals surface area contributed by atoms with E-state index in [2.05, 4.69) is 19.9 Å². The van der Waals surface area contributed by atoms with Gasteiger partial charge in [-0.2, -0.15) is 18.4 Å². The average molecular weight is 456 g/mol. The Bertz CT molecular complexity index is 1130. The third kappa shape index (κ3) is 4.79. The van der Waals surface area contributed by atoms with Crippen molar-refractivity contribution in [3.63, 3.8) is 0 Å². The zero-order valence-electron chi connectivity index (χ0n) is 17.2. The molecular weight excluding hydrogens is 437 g/mol. The highest BCUT2D eigenvalue weighted by molar-refractivity contribution is 5.68. The van der Waals surface area contributed by atoms with Gasteiger partial charge in [0.25, 0.3) is 0 Å². The van der Waals surface area contributed by atoms with Crippen LogP contribution in [0.1, 0.15) is 41.3 Å². The number of imidazole rings is 1. The lowest BCUT2D eigenvalue weighted by Gasteiger charge is -2.44. The Labute approximate surface area is 187 Å². The van der Waals surface area contributed by atoms with Crippen molar-refractivity contribution in [1.82, 2.24) is 24.8 Å². The van der Waals surface area contributed by atoms with Gasteiger partial charge in [0, 0.05) is 31.1 Å². The Morgan fingerprint density at radius 2 is 2.00 bits per heavy atom. The summed E-state index contributed by atoms with van der Waals surface area (Å²) in [6.07, 6.45) is -1.53. The van der Waals surface area contributed by atoms with Crippen molar-refractivity contribution >= 4 is 6.09 Å². The van der Waals surface area contributed by atoms with E-state index in [1.165, 1.54) is 24.7 Å². The van der Waals surface area contributed by atoms with Crippen LogP contribution in [-0.4, -0.2) is 43.7 Å². The standard InChI is InChI=1S/C22H19F3N6O2/c23-22(24,25)18-15(20-28-9-10-29-20)7-11-31(19(18)16-6-8-27-17(12-26)30-16)21(32)33-13-14-4-2-1-3-5-14/h1-6,8-10,15,18-19H,7,11,13H2,(H,28,29). The largest absolute Gasteiger partial charge is 0.445 e. The van der Waals surface area contributed by atoms with Crippen LogP contribution < -0.4 is 0 Å². The molecule has 1 saturated heterocycles. The fourth-order valence-corrected chi connectivity index (χ4v) is 4.15. The van der Waals surface area contributed by atoms with E-state index in [1.54, 1.807) is 36.4 Å². The number of nitriles is 1. The second-order valence-corrected chi connectivity index (χ2v) is 7.53. The molecule has 4 rings (SSSR count). The lowest BCUT2D eigenvalue weighted by Crippen LogP contribution is -2.51. The zero-order chi connectivity index (χ0) is 23.4. The minimum atomic E-state index is -4.70. The van der Waals surface area contributed by atoms with Crippen LogP contribution in [0.4, 0.5) is 18.0 Å². The number of alkyl halides is 3. The number of likely N-dealkylation sites (tertiary alicyclic amines) is 1. The summed E-state index contributed by atoms with van der Waals surface area (Å²) in [6, 6.07) is 10.3. The summed E-state index contributed by atoms with van der Waals surface area (Å²) in [4.78, 5) is 28.6. The average Bonchev–Trinajstić information content (AvgIpc) is 3.36. The van der Waals surface area contributed by atoms with Gasteiger partial charge >= 0.3 is 12.3 Å². The molecule has 0 aliphatic carbocycles. The maximum Gasteiger partial charge on any atom is 0.410 e. The number of hydrogen-bond acceptors (Lipinski definition) is 6. The van der Waals surface area contributed by atoms with Crippen molar-refractivity contribution < 1.29 is 22.7 Å². The molecule has 1 fully saturated rings. The van der Waals surface area contributed by atoms with E-state index in [0.29, 0.717) is 5.56 Å². The maximum atomic E-state index is 14.5. The first-order valence-electron chi connectivity index (χ1n) is 10.1. The fraction of sp³-hybridized carbons (Fsp3) is 0.318. The third-order valence-electron chi connectivity index (χ3n) is 5.56. The van der Waals surface area contributed by atoms with E-state index < -0.39 is 30.1 Å². The lowest BCUT2D eigenvalue weighted by atomic mass is 9.77. The van der Waals surface area contributed by atoms with Gasteiger partial charge in [-0.25, -0.2) is 19.7 Å². The second-order valence-electron chi connectivity index (χ2n) is 7.53. The molecule has 1 aliphatic heterocycles. The smallest absolute Gasteiger partial charge is 0.410 e. The highest BCUT2D eigenvalue weighted by atomic mass is 19.4. The Balaban J connectivity index is 1.72. The lowest BCUT2D eigenvalue weighted by molar-refractivity contribution is -0.207. The summed E-state index contributed by atoms with van der Waals surface area (Å²) in [5.41, 5.74) is 0.617. The highest BCUT2D eigenvalue weighted by Crippen LogP contribution is 2.51. The molecule has 0 radical (unpaired) electrons. The number of ether oxygens (including phenoxy) is 1. The van der Waals surface area contributed by atoms with Gasteiger partial charge in [0.05, 0.1) is 17.7 Å². The van der Waals surface area contributed by atoms with Crippen molar-refractivity contribution in [2.75, 3.05) is 6.54 Å². The summed E-state index contributed by atoms with van der Waals surface area (Å²) in [5.74, 6) is -3.17. The Hall–Kier alpha value is -3.94. The highest BCUT2D eigenvalue weighted by Gasteiger charge is 2.56. The molecule has 1 N–H and O–H groups in total. The first-order valence-corrected chi connectivity index (χ1v) is 10.1. The summed E-state index contributed by atoms with van der Waals surface area (Å²) in [5, 5.41) is 9.16. The molecule has 3 atom stereocenters. The predicted octanol–water partition coefficient (Wildman–Crippen LogP) is 4.12. The minimum absolute atomic E-state index is 0.0118. The number of piperidine rings is 1. The third-order valence-corrected chi connectivity index (χ3v) is 5.56. The topological polar surface area (TPSA) is 108 Å². The first-order chi connectivity index (χ1) is 15.9. The molecule has 3 aromatic rings. The summed E-state index contributed by atoms with van der Waals surface area (Å²) >= 11 is 0. The number of aromatic nitrogens is 4. The molecule has 3 heterocycles. The number of carbonyl (C=O) groups excluding carboxylic acids is 1. The molecule has 1 aromatic carbocycles. The van der Waals surface area contributed by atoms with Crippen LogP contribution in [0.2, 0.25) is 0 Å². The van der Waals surface area contributed by atoms with E-state index in [-0.39, 0.29) is 36.9 Å². The number of nitrogens with zero attached hydrogens (tertiary/aromatic N) is 5. The number of halogens is 3. The van der Waals surface area contributed by atoms with Crippen molar-refractivity contribution in [2.24, 2.45) is 5.92 Å². The Kier molecular flexibility index (Phi) is 6.26. The molecule has 170 valence electrons. The zero-order valence-corrected chi connectivity index (χ0v) is 17.2. The molecular formula is C22H19F3N6O2. The van der Waals surface area contributed by atoms with Gasteiger partial charge in [0.2, 0.25) is 5.82 Å². The Morgan fingerprint density at radius 1 is 1.21 bits per heavy atom. The molecule has 3 unspecified atom stereocenters. The Morgan fingerprint density at radius 3 is 2.67 bits per heavy atom. The van der Waals surface area contributed by atoms with Crippen molar-refractivity contribution in [3.05, 3.63) is 77.9 Å². The molecule has 1 amide bonds. The normalized spacial score (nSPS) is 20.8. The summed E-state index contributed by atoms with van der Waals surface area (Å²) in [6.45, 7) is -0.101. The van der Waals surface area contributed by atoms with Crippen LogP contribution in [0.3, 0.4) is 0 Å². The molecule has 2 aromatic heterocycles. The van der Waals surface area contributed by atoms with Crippen molar-refractivity contribution in [2.45, 2.75) is 31.2 Å². The molecule has 0 bridgehead atoms. The van der Waals surface area contributed by atoms with Crippen LogP contribution in [-0.2, 0) is 11.3 Å². The van der Waals surface area contributed by atoms with E-state index >= 15 is 0 Å². The van der Waals surface area contributed by atoms with E-state index in [1.807, 2.05) is 0 Å². The summed E-state index contributed by atoms with van der Waals surface area (Å²) in [7, 11) is 0. The number of amides is 1. The first kappa shape index (κ1) is 22.3. The van der Waals surface area contributed by atoms with Gasteiger partial charge in [-0.3, -0.25) is 4.90 Å². The van der Waals surface area contributed by atoms with Gasteiger partial charge in [0.1, 0.15) is 18.5 Å². The van der Waals surface area contributed by atoms with Crippen molar-refractivity contribution in [1.29, 1.82) is 5.26 Å². The van der Waals surface area contributed by atoms with Gasteiger partial charge in [-0.05, 0) is 18.1 Å². The van der Waals surface area contributed by atoms with Crippen LogP contribution in [0.5, 0.6) is 0 Å². The fourth-order valence-electron chi connectivity index (χ4n) is 4.15. The van der Waals surface area contributed by atoms with Gasteiger partial charge in [-0.1, -0.05) is 30.3 Å². The number of aromatic amines is 1. The van der Waals surface area contributed by atoms with Gasteiger partial charge < -0.3 is 9.72 Å². The molecule has 0 spiro atoms. The van der Waals surface area contributed by atoms with Gasteiger partial charge in [0.15, 0.2) is 0 Å². The quantitative estimate of drug-likeness (QED) is 0.633. The number of hydrogen-bond donors (Lipinski definition) is 1. The van der Waals surface area contributed by atoms with Crippen LogP contribution in [0, 0.1) is 17.2 Å². The second kappa shape index (κ2) is 9.28. The molecule has 11 heteroatoms. The minimum Gasteiger partial charge on any atom is -0.445 e. The van der Waals surface area contributed by atoms with Crippen molar-refractivity contribution in [3.8, 4) is 6.07 Å². The molecule has 8 nitrogen and oxygen atoms in total. The molecule has 1 aliphatic rings. The van der Waals surface area contributed by atoms with Crippen LogP contribution >= 0.6 is 0 Å². The van der Waals surface area contributed by atoms with Crippen LogP contribution in [0.25, 0.3) is 0 Å². The van der Waals surface area contributed by atoms with E-state index in [4.69, 9.17) is 10.00 Å². The number of rotatable bonds is 4. The van der Waals surface area contributed by atoms with Crippen LogP contribution in [0.15, 0.2) is 55.0 Å². The maximum absolute atomic E-state index is 14.5. The molecule has 33 heavy (non-hydrogen) atoms. The number of nitrogens with one attached hydrogen (secondary N) is 1.